The summed E-state index contributed by atoms with van der Waals surface area (Å²) in [5.74, 6) is -0.976. The summed E-state index contributed by atoms with van der Waals surface area (Å²) in [5.41, 5.74) is 0. The van der Waals surface area contributed by atoms with Crippen molar-refractivity contribution in [3.63, 3.8) is 0 Å². The lowest BCUT2D eigenvalue weighted by Gasteiger charge is -2.18. The Morgan fingerprint density at radius 1 is 0.274 bits per heavy atom. The number of carbonyl (C=O) groups excluding carboxylic acids is 3. The van der Waals surface area contributed by atoms with Crippen molar-refractivity contribution in [1.29, 1.82) is 0 Å². The Bertz CT molecular complexity index is 1360. The van der Waals surface area contributed by atoms with E-state index in [9.17, 15) is 14.4 Å². The monoisotopic (exact) mass is 1020 g/mol. The van der Waals surface area contributed by atoms with Crippen LogP contribution in [-0.4, -0.2) is 37.2 Å². The minimum atomic E-state index is -0.816. The van der Waals surface area contributed by atoms with Gasteiger partial charge in [-0.3, -0.25) is 14.4 Å². The van der Waals surface area contributed by atoms with Crippen molar-refractivity contribution in [2.24, 2.45) is 0 Å². The number of esters is 3. The van der Waals surface area contributed by atoms with Crippen LogP contribution >= 0.6 is 0 Å². The van der Waals surface area contributed by atoms with Gasteiger partial charge in [-0.15, -0.1) is 0 Å². The second-order valence-electron chi connectivity index (χ2n) is 21.0. The fourth-order valence-electron chi connectivity index (χ4n) is 8.95. The zero-order valence-corrected chi connectivity index (χ0v) is 48.4. The van der Waals surface area contributed by atoms with Crippen molar-refractivity contribution >= 4 is 17.9 Å². The number of unbranched alkanes of at least 4 members (excludes halogenated alkanes) is 34. The Balaban J connectivity index is 4.46. The standard InChI is InChI=1S/C67H118O6/c1-4-7-10-13-16-19-22-25-28-31-33-36-39-42-45-48-51-54-57-60-66(69)72-63-64(62-71-65(68)59-56-53-50-47-44-41-38-35-30-27-24-21-18-15-12-9-6-3)73-67(70)61-58-55-52-49-46-43-40-37-34-32-29-26-23-20-17-14-11-8-5-2/h17,20,26-27,29-30,34,37,43,46,52,55,64H,4-16,18-19,21-25,28,31-33,35-36,38-42,44-45,47-51,53-54,56-63H2,1-3H3/b20-17-,29-26-,30-27-,37-34-,46-43-,55-52-/t64-/m1/s1. The first-order chi connectivity index (χ1) is 36.0. The first-order valence-electron chi connectivity index (χ1n) is 31.4. The van der Waals surface area contributed by atoms with Crippen LogP contribution in [0.2, 0.25) is 0 Å². The molecule has 0 saturated carbocycles. The number of ether oxygens (including phenoxy) is 3. The fraction of sp³-hybridized carbons (Fsp3) is 0.776. The lowest BCUT2D eigenvalue weighted by atomic mass is 10.0. The van der Waals surface area contributed by atoms with Gasteiger partial charge in [-0.1, -0.05) is 286 Å². The van der Waals surface area contributed by atoms with Gasteiger partial charge in [-0.05, 0) is 83.5 Å². The van der Waals surface area contributed by atoms with Gasteiger partial charge in [-0.2, -0.15) is 0 Å². The SMILES string of the molecule is CCCCC/C=C\C/C=C\C/C=C\C/C=C\C/C=C\CCC(=O)O[C@H](COC(=O)CCCCCCCCC/C=C\CCCCCCCC)COC(=O)CCCCCCCCCCCCCCCCCCCCC. The Labute approximate surface area is 453 Å². The lowest BCUT2D eigenvalue weighted by Crippen LogP contribution is -2.30. The van der Waals surface area contributed by atoms with E-state index in [2.05, 4.69) is 87.6 Å². The van der Waals surface area contributed by atoms with Crippen molar-refractivity contribution in [3.8, 4) is 0 Å². The molecule has 0 amide bonds. The molecule has 0 aliphatic rings. The summed E-state index contributed by atoms with van der Waals surface area (Å²) < 4.78 is 16.9. The third-order valence-electron chi connectivity index (χ3n) is 13.7. The number of hydrogen-bond donors (Lipinski definition) is 0. The highest BCUT2D eigenvalue weighted by Crippen LogP contribution is 2.16. The molecule has 0 aliphatic carbocycles. The average Bonchev–Trinajstić information content (AvgIpc) is 3.39. The highest BCUT2D eigenvalue weighted by molar-refractivity contribution is 5.71. The second kappa shape index (κ2) is 61.4. The molecule has 0 rings (SSSR count). The predicted molar refractivity (Wildman–Crippen MR) is 316 cm³/mol. The van der Waals surface area contributed by atoms with Gasteiger partial charge in [0.1, 0.15) is 13.2 Å². The van der Waals surface area contributed by atoms with Gasteiger partial charge in [0.15, 0.2) is 6.10 Å². The number of allylic oxidation sites excluding steroid dienone is 12. The summed E-state index contributed by atoms with van der Waals surface area (Å²) in [5, 5.41) is 0. The van der Waals surface area contributed by atoms with Gasteiger partial charge in [0.25, 0.3) is 0 Å². The molecular formula is C67H118O6. The summed E-state index contributed by atoms with van der Waals surface area (Å²) in [7, 11) is 0. The van der Waals surface area contributed by atoms with Gasteiger partial charge >= 0.3 is 17.9 Å². The third-order valence-corrected chi connectivity index (χ3v) is 13.7. The number of hydrogen-bond acceptors (Lipinski definition) is 6. The second-order valence-corrected chi connectivity index (χ2v) is 21.0. The fourth-order valence-corrected chi connectivity index (χ4v) is 8.95. The van der Waals surface area contributed by atoms with E-state index in [1.54, 1.807) is 0 Å². The maximum atomic E-state index is 12.9. The molecule has 0 radical (unpaired) electrons. The molecule has 0 aromatic heterocycles. The highest BCUT2D eigenvalue weighted by Gasteiger charge is 2.19. The molecule has 0 saturated heterocycles. The smallest absolute Gasteiger partial charge is 0.306 e. The van der Waals surface area contributed by atoms with Crippen LogP contribution in [0.15, 0.2) is 72.9 Å². The van der Waals surface area contributed by atoms with Crippen molar-refractivity contribution < 1.29 is 28.6 Å². The van der Waals surface area contributed by atoms with E-state index in [4.69, 9.17) is 14.2 Å². The van der Waals surface area contributed by atoms with Crippen molar-refractivity contribution in [1.82, 2.24) is 0 Å². The van der Waals surface area contributed by atoms with E-state index in [0.29, 0.717) is 19.3 Å². The van der Waals surface area contributed by atoms with Crippen LogP contribution in [0.25, 0.3) is 0 Å². The van der Waals surface area contributed by atoms with Crippen LogP contribution in [-0.2, 0) is 28.6 Å². The maximum Gasteiger partial charge on any atom is 0.306 e. The quantitative estimate of drug-likeness (QED) is 0.0261. The minimum absolute atomic E-state index is 0.103. The molecule has 0 fully saturated rings. The summed E-state index contributed by atoms with van der Waals surface area (Å²) in [6.07, 6.45) is 79.1. The Kier molecular flexibility index (Phi) is 58.7. The zero-order valence-electron chi connectivity index (χ0n) is 48.4. The largest absolute Gasteiger partial charge is 0.462 e. The normalized spacial score (nSPS) is 12.5. The van der Waals surface area contributed by atoms with Crippen molar-refractivity contribution in [2.45, 2.75) is 322 Å². The zero-order chi connectivity index (χ0) is 52.9. The van der Waals surface area contributed by atoms with E-state index in [1.165, 1.54) is 205 Å². The van der Waals surface area contributed by atoms with E-state index in [0.717, 1.165) is 64.2 Å². The number of rotatable bonds is 57. The first-order valence-corrected chi connectivity index (χ1v) is 31.4. The molecule has 0 aliphatic heterocycles. The van der Waals surface area contributed by atoms with Crippen LogP contribution in [0.3, 0.4) is 0 Å². The number of carbonyl (C=O) groups is 3. The predicted octanol–water partition coefficient (Wildman–Crippen LogP) is 21.3. The minimum Gasteiger partial charge on any atom is -0.462 e. The van der Waals surface area contributed by atoms with Gasteiger partial charge in [0.2, 0.25) is 0 Å². The topological polar surface area (TPSA) is 78.9 Å². The summed E-state index contributed by atoms with van der Waals surface area (Å²) in [6.45, 7) is 6.58. The molecule has 0 heterocycles. The average molecular weight is 1020 g/mol. The Hall–Kier alpha value is -3.15. The molecule has 0 N–H and O–H groups in total. The molecule has 0 bridgehead atoms. The van der Waals surface area contributed by atoms with Crippen LogP contribution in [0.4, 0.5) is 0 Å². The van der Waals surface area contributed by atoms with E-state index in [1.807, 2.05) is 6.08 Å². The van der Waals surface area contributed by atoms with Crippen molar-refractivity contribution in [3.05, 3.63) is 72.9 Å². The molecule has 0 aromatic carbocycles. The maximum absolute atomic E-state index is 12.9. The van der Waals surface area contributed by atoms with Crippen LogP contribution in [0, 0.1) is 0 Å². The van der Waals surface area contributed by atoms with Gasteiger partial charge in [0, 0.05) is 19.3 Å². The Morgan fingerprint density at radius 2 is 0.521 bits per heavy atom. The Morgan fingerprint density at radius 3 is 0.863 bits per heavy atom. The van der Waals surface area contributed by atoms with Crippen LogP contribution < -0.4 is 0 Å². The molecule has 73 heavy (non-hydrogen) atoms. The lowest BCUT2D eigenvalue weighted by molar-refractivity contribution is -0.166. The van der Waals surface area contributed by atoms with Gasteiger partial charge in [0.05, 0.1) is 0 Å². The molecule has 422 valence electrons. The van der Waals surface area contributed by atoms with Crippen molar-refractivity contribution in [2.75, 3.05) is 13.2 Å². The summed E-state index contributed by atoms with van der Waals surface area (Å²) in [4.78, 5) is 38.3. The summed E-state index contributed by atoms with van der Waals surface area (Å²) >= 11 is 0. The first kappa shape index (κ1) is 69.8. The van der Waals surface area contributed by atoms with E-state index in [-0.39, 0.29) is 37.5 Å². The van der Waals surface area contributed by atoms with Crippen LogP contribution in [0.5, 0.6) is 0 Å². The highest BCUT2D eigenvalue weighted by atomic mass is 16.6. The molecule has 0 spiro atoms. The molecule has 6 heteroatoms. The van der Waals surface area contributed by atoms with Gasteiger partial charge < -0.3 is 14.2 Å². The van der Waals surface area contributed by atoms with E-state index >= 15 is 0 Å². The molecule has 0 aromatic rings. The molecule has 1 atom stereocenters. The third kappa shape index (κ3) is 59.6. The van der Waals surface area contributed by atoms with E-state index < -0.39 is 6.10 Å². The van der Waals surface area contributed by atoms with Gasteiger partial charge in [-0.25, -0.2) is 0 Å². The molecule has 0 unspecified atom stereocenters. The van der Waals surface area contributed by atoms with Crippen LogP contribution in [0.1, 0.15) is 316 Å². The summed E-state index contributed by atoms with van der Waals surface area (Å²) in [6, 6.07) is 0. The molecular weight excluding hydrogens is 901 g/mol. The molecule has 6 nitrogen and oxygen atoms in total.